The Kier molecular flexibility index (Phi) is 7.25. The molecule has 2 aromatic carbocycles. The smallest absolute Gasteiger partial charge is 0.251 e. The molecule has 1 amide bonds. The Bertz CT molecular complexity index is 801. The molecule has 0 aliphatic heterocycles. The normalized spacial score (nSPS) is 11.8. The van der Waals surface area contributed by atoms with E-state index in [1.807, 2.05) is 32.9 Å². The van der Waals surface area contributed by atoms with Crippen molar-refractivity contribution in [3.05, 3.63) is 58.1 Å². The number of hydrogen-bond acceptors (Lipinski definition) is 4. The van der Waals surface area contributed by atoms with Gasteiger partial charge in [-0.05, 0) is 68.7 Å². The molecule has 0 aliphatic rings. The van der Waals surface area contributed by atoms with Gasteiger partial charge in [0, 0.05) is 24.3 Å². The van der Waals surface area contributed by atoms with Crippen molar-refractivity contribution in [2.24, 2.45) is 0 Å². The minimum absolute atomic E-state index is 0.0674. The van der Waals surface area contributed by atoms with E-state index in [2.05, 4.69) is 18.3 Å². The van der Waals surface area contributed by atoms with Crippen LogP contribution >= 0.6 is 0 Å². The van der Waals surface area contributed by atoms with Gasteiger partial charge in [0.2, 0.25) is 0 Å². The predicted molar refractivity (Wildman–Crippen MR) is 107 cm³/mol. The van der Waals surface area contributed by atoms with E-state index in [1.54, 1.807) is 26.4 Å². The lowest BCUT2D eigenvalue weighted by Crippen LogP contribution is -2.35. The third-order valence-electron chi connectivity index (χ3n) is 4.48. The second-order valence-electron chi connectivity index (χ2n) is 6.85. The summed E-state index contributed by atoms with van der Waals surface area (Å²) in [5.74, 6) is 1.39. The topological polar surface area (TPSA) is 56.8 Å². The molecule has 0 radical (unpaired) electrons. The molecule has 1 atom stereocenters. The molecule has 2 aromatic rings. The van der Waals surface area contributed by atoms with E-state index in [1.165, 1.54) is 5.56 Å². The van der Waals surface area contributed by atoms with Gasteiger partial charge in [0.05, 0.1) is 13.7 Å². The summed E-state index contributed by atoms with van der Waals surface area (Å²) in [6.45, 7) is 8.85. The molecule has 5 nitrogen and oxygen atoms in total. The van der Waals surface area contributed by atoms with E-state index in [-0.39, 0.29) is 11.9 Å². The zero-order valence-electron chi connectivity index (χ0n) is 17.0. The summed E-state index contributed by atoms with van der Waals surface area (Å²) in [6.07, 6.45) is 0. The highest BCUT2D eigenvalue weighted by molar-refractivity contribution is 5.94. The molecule has 0 aliphatic carbocycles. The Morgan fingerprint density at radius 1 is 1.07 bits per heavy atom. The highest BCUT2D eigenvalue weighted by atomic mass is 16.5. The van der Waals surface area contributed by atoms with E-state index < -0.39 is 0 Å². The number of methoxy groups -OCH3 is 2. The van der Waals surface area contributed by atoms with Crippen LogP contribution in [0.15, 0.2) is 30.3 Å². The molecule has 1 N–H and O–H groups in total. The first-order valence-electron chi connectivity index (χ1n) is 9.03. The summed E-state index contributed by atoms with van der Waals surface area (Å²) in [5.41, 5.74) is 4.84. The maximum absolute atomic E-state index is 12.5. The third-order valence-corrected chi connectivity index (χ3v) is 4.48. The van der Waals surface area contributed by atoms with Crippen molar-refractivity contribution in [1.29, 1.82) is 0 Å². The van der Waals surface area contributed by atoms with Crippen molar-refractivity contribution in [2.75, 3.05) is 20.8 Å². The molecular formula is C22H29NO4. The van der Waals surface area contributed by atoms with E-state index in [0.29, 0.717) is 24.5 Å². The number of carbonyl (C=O) groups is 1. The number of amides is 1. The standard InChI is InChI=1S/C22H29NO4/c1-14-9-15(2)17(4)21(10-14)27-13-19-11-18(7-8-20(19)26-6)22(24)23-16(3)12-25-5/h7-11,16H,12-13H2,1-6H3,(H,23,24)/t16-/m0/s1. The van der Waals surface area contributed by atoms with Crippen molar-refractivity contribution in [3.8, 4) is 11.5 Å². The zero-order valence-corrected chi connectivity index (χ0v) is 17.0. The molecule has 0 heterocycles. The Labute approximate surface area is 161 Å². The first-order chi connectivity index (χ1) is 12.8. The van der Waals surface area contributed by atoms with Crippen LogP contribution in [-0.2, 0) is 11.3 Å². The van der Waals surface area contributed by atoms with E-state index in [0.717, 1.165) is 22.4 Å². The molecule has 0 saturated heterocycles. The van der Waals surface area contributed by atoms with Gasteiger partial charge in [0.25, 0.3) is 5.91 Å². The molecule has 27 heavy (non-hydrogen) atoms. The number of benzene rings is 2. The molecule has 0 spiro atoms. The van der Waals surface area contributed by atoms with Crippen molar-refractivity contribution in [1.82, 2.24) is 5.32 Å². The summed E-state index contributed by atoms with van der Waals surface area (Å²) in [5, 5.41) is 2.91. The monoisotopic (exact) mass is 371 g/mol. The maximum atomic E-state index is 12.5. The van der Waals surface area contributed by atoms with Crippen LogP contribution in [0.2, 0.25) is 0 Å². The van der Waals surface area contributed by atoms with Gasteiger partial charge in [-0.3, -0.25) is 4.79 Å². The number of nitrogens with one attached hydrogen (secondary N) is 1. The Morgan fingerprint density at radius 2 is 1.81 bits per heavy atom. The molecule has 146 valence electrons. The number of ether oxygens (including phenoxy) is 3. The van der Waals surface area contributed by atoms with Crippen LogP contribution in [-0.4, -0.2) is 32.8 Å². The Morgan fingerprint density at radius 3 is 2.48 bits per heavy atom. The molecule has 0 saturated carbocycles. The lowest BCUT2D eigenvalue weighted by Gasteiger charge is -2.16. The van der Waals surface area contributed by atoms with Crippen molar-refractivity contribution < 1.29 is 19.0 Å². The summed E-state index contributed by atoms with van der Waals surface area (Å²) < 4.78 is 16.5. The fourth-order valence-corrected chi connectivity index (χ4v) is 2.94. The van der Waals surface area contributed by atoms with E-state index >= 15 is 0 Å². The van der Waals surface area contributed by atoms with Crippen LogP contribution in [0.25, 0.3) is 0 Å². The molecule has 5 heteroatoms. The molecule has 2 rings (SSSR count). The predicted octanol–water partition coefficient (Wildman–Crippen LogP) is 3.96. The van der Waals surface area contributed by atoms with Gasteiger partial charge in [-0.2, -0.15) is 0 Å². The fourth-order valence-electron chi connectivity index (χ4n) is 2.94. The molecular weight excluding hydrogens is 342 g/mol. The number of hydrogen-bond donors (Lipinski definition) is 1. The average Bonchev–Trinajstić information content (AvgIpc) is 2.63. The maximum Gasteiger partial charge on any atom is 0.251 e. The summed E-state index contributed by atoms with van der Waals surface area (Å²) >= 11 is 0. The number of carbonyl (C=O) groups excluding carboxylic acids is 1. The van der Waals surface area contributed by atoms with Gasteiger partial charge < -0.3 is 19.5 Å². The van der Waals surface area contributed by atoms with Crippen LogP contribution in [0.5, 0.6) is 11.5 Å². The van der Waals surface area contributed by atoms with Gasteiger partial charge >= 0.3 is 0 Å². The van der Waals surface area contributed by atoms with Crippen LogP contribution < -0.4 is 14.8 Å². The molecule has 0 fully saturated rings. The summed E-state index contributed by atoms with van der Waals surface area (Å²) in [7, 11) is 3.22. The van der Waals surface area contributed by atoms with Crippen LogP contribution in [0, 0.1) is 20.8 Å². The molecule has 0 bridgehead atoms. The zero-order chi connectivity index (χ0) is 20.0. The SMILES string of the molecule is COC[C@H](C)NC(=O)c1ccc(OC)c(COc2cc(C)cc(C)c2C)c1. The number of rotatable bonds is 8. The first-order valence-corrected chi connectivity index (χ1v) is 9.03. The van der Waals surface area contributed by atoms with Crippen LogP contribution in [0.1, 0.15) is 39.5 Å². The minimum Gasteiger partial charge on any atom is -0.496 e. The number of aryl methyl sites for hydroxylation is 2. The second-order valence-corrected chi connectivity index (χ2v) is 6.85. The largest absolute Gasteiger partial charge is 0.496 e. The fraction of sp³-hybridized carbons (Fsp3) is 0.409. The van der Waals surface area contributed by atoms with Crippen molar-refractivity contribution in [2.45, 2.75) is 40.3 Å². The second kappa shape index (κ2) is 9.42. The lowest BCUT2D eigenvalue weighted by atomic mass is 10.1. The van der Waals surface area contributed by atoms with Crippen molar-refractivity contribution in [3.63, 3.8) is 0 Å². The molecule has 0 unspecified atom stereocenters. The average molecular weight is 371 g/mol. The third kappa shape index (κ3) is 5.47. The Hall–Kier alpha value is -2.53. The van der Waals surface area contributed by atoms with Crippen molar-refractivity contribution >= 4 is 5.91 Å². The summed E-state index contributed by atoms with van der Waals surface area (Å²) in [6, 6.07) is 9.45. The first kappa shape index (κ1) is 20.8. The van der Waals surface area contributed by atoms with Gasteiger partial charge in [-0.15, -0.1) is 0 Å². The van der Waals surface area contributed by atoms with Crippen LogP contribution in [0.3, 0.4) is 0 Å². The highest BCUT2D eigenvalue weighted by Crippen LogP contribution is 2.26. The van der Waals surface area contributed by atoms with E-state index in [9.17, 15) is 4.79 Å². The van der Waals surface area contributed by atoms with Gasteiger partial charge in [-0.1, -0.05) is 6.07 Å². The van der Waals surface area contributed by atoms with Gasteiger partial charge in [0.1, 0.15) is 18.1 Å². The molecule has 0 aromatic heterocycles. The quantitative estimate of drug-likeness (QED) is 0.763. The minimum atomic E-state index is -0.147. The summed E-state index contributed by atoms with van der Waals surface area (Å²) in [4.78, 5) is 12.5. The lowest BCUT2D eigenvalue weighted by molar-refractivity contribution is 0.0905. The van der Waals surface area contributed by atoms with Crippen LogP contribution in [0.4, 0.5) is 0 Å². The Balaban J connectivity index is 2.19. The van der Waals surface area contributed by atoms with Gasteiger partial charge in [0.15, 0.2) is 0 Å². The highest BCUT2D eigenvalue weighted by Gasteiger charge is 2.14. The van der Waals surface area contributed by atoms with Gasteiger partial charge in [-0.25, -0.2) is 0 Å². The van der Waals surface area contributed by atoms with E-state index in [4.69, 9.17) is 14.2 Å².